The van der Waals surface area contributed by atoms with Gasteiger partial charge in [0.15, 0.2) is 0 Å². The molecule has 0 saturated carbocycles. The van der Waals surface area contributed by atoms with Gasteiger partial charge in [-0.25, -0.2) is 0 Å². The number of hydrogen-bond acceptors (Lipinski definition) is 2. The Balaban J connectivity index is 2.27. The lowest BCUT2D eigenvalue weighted by molar-refractivity contribution is -0.123. The van der Waals surface area contributed by atoms with E-state index >= 15 is 0 Å². The lowest BCUT2D eigenvalue weighted by Crippen LogP contribution is -2.16. The Hall–Kier alpha value is -0.370. The first kappa shape index (κ1) is 9.72. The molecule has 0 aliphatic carbocycles. The number of hydrogen-bond donors (Lipinski definition) is 0. The van der Waals surface area contributed by atoms with E-state index in [1.807, 2.05) is 0 Å². The van der Waals surface area contributed by atoms with Crippen LogP contribution in [0.2, 0.25) is 0 Å². The van der Waals surface area contributed by atoms with Crippen LogP contribution in [0.15, 0.2) is 0 Å². The van der Waals surface area contributed by atoms with E-state index in [0.717, 1.165) is 25.9 Å². The Bertz CT molecular complexity index is 148. The van der Waals surface area contributed by atoms with Gasteiger partial charge in [-0.3, -0.25) is 4.79 Å². The Morgan fingerprint density at radius 3 is 2.92 bits per heavy atom. The van der Waals surface area contributed by atoms with Crippen molar-refractivity contribution in [2.75, 3.05) is 13.2 Å². The summed E-state index contributed by atoms with van der Waals surface area (Å²) in [7, 11) is 0. The zero-order valence-electron chi connectivity index (χ0n) is 8.01. The third-order valence-electron chi connectivity index (χ3n) is 2.63. The molecule has 2 heteroatoms. The first-order chi connectivity index (χ1) is 5.74. The lowest BCUT2D eigenvalue weighted by atomic mass is 9.93. The third-order valence-corrected chi connectivity index (χ3v) is 2.63. The fraction of sp³-hybridized carbons (Fsp3) is 0.900. The Morgan fingerprint density at radius 2 is 2.42 bits per heavy atom. The highest BCUT2D eigenvalue weighted by molar-refractivity contribution is 5.81. The molecule has 0 aromatic rings. The number of ketones is 1. The van der Waals surface area contributed by atoms with E-state index in [0.29, 0.717) is 18.3 Å². The molecule has 2 nitrogen and oxygen atoms in total. The highest BCUT2D eigenvalue weighted by Gasteiger charge is 2.23. The number of ether oxygens (including phenoxy) is 1. The van der Waals surface area contributed by atoms with Crippen LogP contribution in [-0.2, 0) is 9.53 Å². The maximum Gasteiger partial charge on any atom is 0.138 e. The summed E-state index contributed by atoms with van der Waals surface area (Å²) in [5, 5.41) is 0. The minimum atomic E-state index is 0.207. The van der Waals surface area contributed by atoms with Gasteiger partial charge in [-0.2, -0.15) is 0 Å². The summed E-state index contributed by atoms with van der Waals surface area (Å²) in [6.45, 7) is 5.70. The van der Waals surface area contributed by atoms with Crippen LogP contribution < -0.4 is 0 Å². The van der Waals surface area contributed by atoms with Crippen LogP contribution in [0.3, 0.4) is 0 Å². The molecule has 1 rings (SSSR count). The van der Waals surface area contributed by atoms with Crippen LogP contribution in [0.5, 0.6) is 0 Å². The van der Waals surface area contributed by atoms with Gasteiger partial charge in [-0.15, -0.1) is 0 Å². The average Bonchev–Trinajstić information content (AvgIpc) is 2.56. The molecular weight excluding hydrogens is 152 g/mol. The van der Waals surface area contributed by atoms with Crippen LogP contribution in [0, 0.1) is 11.8 Å². The van der Waals surface area contributed by atoms with Gasteiger partial charge < -0.3 is 4.74 Å². The van der Waals surface area contributed by atoms with E-state index in [1.54, 1.807) is 0 Å². The fourth-order valence-electron chi connectivity index (χ4n) is 1.44. The second-order valence-electron chi connectivity index (χ2n) is 3.74. The predicted molar refractivity (Wildman–Crippen MR) is 48.0 cm³/mol. The molecule has 2 unspecified atom stereocenters. The summed E-state index contributed by atoms with van der Waals surface area (Å²) < 4.78 is 5.17. The van der Waals surface area contributed by atoms with E-state index < -0.39 is 0 Å². The molecule has 0 aromatic heterocycles. The monoisotopic (exact) mass is 170 g/mol. The summed E-state index contributed by atoms with van der Waals surface area (Å²) in [6, 6.07) is 0. The molecule has 1 heterocycles. The van der Waals surface area contributed by atoms with E-state index in [2.05, 4.69) is 13.8 Å². The molecule has 0 bridgehead atoms. The van der Waals surface area contributed by atoms with Crippen molar-refractivity contribution in [2.24, 2.45) is 11.8 Å². The number of carbonyl (C=O) groups excluding carboxylic acids is 1. The standard InChI is InChI=1S/C10H18O2/c1-3-8(2)6-10(11)9-4-5-12-7-9/h8-9H,3-7H2,1-2H3. The first-order valence-corrected chi connectivity index (χ1v) is 4.84. The van der Waals surface area contributed by atoms with Gasteiger partial charge in [-0.05, 0) is 12.3 Å². The topological polar surface area (TPSA) is 26.3 Å². The highest BCUT2D eigenvalue weighted by atomic mass is 16.5. The minimum absolute atomic E-state index is 0.207. The molecule has 0 N–H and O–H groups in total. The maximum atomic E-state index is 11.5. The number of Topliss-reactive ketones (excluding diaryl/α,β-unsaturated/α-hetero) is 1. The van der Waals surface area contributed by atoms with Gasteiger partial charge in [0.05, 0.1) is 6.61 Å². The largest absolute Gasteiger partial charge is 0.381 e. The molecule has 70 valence electrons. The maximum absolute atomic E-state index is 11.5. The predicted octanol–water partition coefficient (Wildman–Crippen LogP) is 2.03. The smallest absolute Gasteiger partial charge is 0.138 e. The summed E-state index contributed by atoms with van der Waals surface area (Å²) in [5.41, 5.74) is 0. The van der Waals surface area contributed by atoms with Crippen LogP contribution in [-0.4, -0.2) is 19.0 Å². The van der Waals surface area contributed by atoms with Gasteiger partial charge in [0.1, 0.15) is 5.78 Å². The molecular formula is C10H18O2. The molecule has 12 heavy (non-hydrogen) atoms. The Kier molecular flexibility index (Phi) is 3.73. The molecule has 1 saturated heterocycles. The zero-order valence-corrected chi connectivity index (χ0v) is 8.01. The summed E-state index contributed by atoms with van der Waals surface area (Å²) in [6.07, 6.45) is 2.78. The van der Waals surface area contributed by atoms with Crippen molar-refractivity contribution in [3.8, 4) is 0 Å². The SMILES string of the molecule is CCC(C)CC(=O)C1CCOC1. The minimum Gasteiger partial charge on any atom is -0.381 e. The second kappa shape index (κ2) is 4.61. The van der Waals surface area contributed by atoms with Crippen LogP contribution in [0.1, 0.15) is 33.1 Å². The third kappa shape index (κ3) is 2.59. The van der Waals surface area contributed by atoms with Crippen molar-refractivity contribution in [3.05, 3.63) is 0 Å². The molecule has 1 fully saturated rings. The van der Waals surface area contributed by atoms with E-state index in [9.17, 15) is 4.79 Å². The van der Waals surface area contributed by atoms with E-state index in [4.69, 9.17) is 4.74 Å². The number of rotatable bonds is 4. The number of carbonyl (C=O) groups is 1. The zero-order chi connectivity index (χ0) is 8.97. The van der Waals surface area contributed by atoms with Gasteiger partial charge >= 0.3 is 0 Å². The van der Waals surface area contributed by atoms with E-state index in [-0.39, 0.29) is 5.92 Å². The molecule has 0 radical (unpaired) electrons. The van der Waals surface area contributed by atoms with Gasteiger partial charge in [0, 0.05) is 18.9 Å². The lowest BCUT2D eigenvalue weighted by Gasteiger charge is -2.10. The van der Waals surface area contributed by atoms with Crippen molar-refractivity contribution in [3.63, 3.8) is 0 Å². The van der Waals surface area contributed by atoms with Crippen LogP contribution in [0.25, 0.3) is 0 Å². The molecule has 0 amide bonds. The molecule has 1 aliphatic heterocycles. The van der Waals surface area contributed by atoms with Crippen molar-refractivity contribution < 1.29 is 9.53 Å². The molecule has 0 spiro atoms. The van der Waals surface area contributed by atoms with Crippen LogP contribution in [0.4, 0.5) is 0 Å². The fourth-order valence-corrected chi connectivity index (χ4v) is 1.44. The highest BCUT2D eigenvalue weighted by Crippen LogP contribution is 2.18. The summed E-state index contributed by atoms with van der Waals surface area (Å²) in [4.78, 5) is 11.5. The first-order valence-electron chi connectivity index (χ1n) is 4.84. The molecule has 0 aromatic carbocycles. The summed E-state index contributed by atoms with van der Waals surface area (Å²) in [5.74, 6) is 1.15. The van der Waals surface area contributed by atoms with Gasteiger partial charge in [-0.1, -0.05) is 20.3 Å². The summed E-state index contributed by atoms with van der Waals surface area (Å²) >= 11 is 0. The quantitative estimate of drug-likeness (QED) is 0.645. The Labute approximate surface area is 74.3 Å². The van der Waals surface area contributed by atoms with Crippen molar-refractivity contribution in [1.29, 1.82) is 0 Å². The molecule has 1 aliphatic rings. The van der Waals surface area contributed by atoms with Crippen molar-refractivity contribution >= 4 is 5.78 Å². The normalized spacial score (nSPS) is 25.7. The van der Waals surface area contributed by atoms with Crippen molar-refractivity contribution in [2.45, 2.75) is 33.1 Å². The second-order valence-corrected chi connectivity index (χ2v) is 3.74. The molecule has 2 atom stereocenters. The van der Waals surface area contributed by atoms with Gasteiger partial charge in [0.2, 0.25) is 0 Å². The van der Waals surface area contributed by atoms with Crippen molar-refractivity contribution in [1.82, 2.24) is 0 Å². The van der Waals surface area contributed by atoms with Crippen LogP contribution >= 0.6 is 0 Å². The van der Waals surface area contributed by atoms with Gasteiger partial charge in [0.25, 0.3) is 0 Å². The average molecular weight is 170 g/mol. The Morgan fingerprint density at radius 1 is 1.67 bits per heavy atom. The van der Waals surface area contributed by atoms with E-state index in [1.165, 1.54) is 0 Å².